The quantitative estimate of drug-likeness (QED) is 0.592. The Morgan fingerprint density at radius 3 is 3.00 bits per heavy atom. The van der Waals surface area contributed by atoms with E-state index in [0.717, 1.165) is 37.3 Å². The zero-order valence-electron chi connectivity index (χ0n) is 10.1. The average Bonchev–Trinajstić information content (AvgIpc) is 2.27. The van der Waals surface area contributed by atoms with Gasteiger partial charge in [0.2, 0.25) is 0 Å². The Kier molecular flexibility index (Phi) is 3.38. The lowest BCUT2D eigenvalue weighted by Gasteiger charge is -2.28. The molecule has 0 saturated heterocycles. The summed E-state index contributed by atoms with van der Waals surface area (Å²) in [6, 6.07) is 1.65. The molecule has 1 aromatic rings. The van der Waals surface area contributed by atoms with Gasteiger partial charge in [0.15, 0.2) is 0 Å². The van der Waals surface area contributed by atoms with Crippen LogP contribution in [0.4, 0.5) is 5.69 Å². The third-order valence-electron chi connectivity index (χ3n) is 2.85. The monoisotopic (exact) mass is 234 g/mol. The number of rotatable bonds is 3. The molecule has 0 aliphatic carbocycles. The van der Waals surface area contributed by atoms with Crippen molar-refractivity contribution < 1.29 is 4.92 Å². The second-order valence-corrected chi connectivity index (χ2v) is 4.72. The molecule has 0 bridgehead atoms. The van der Waals surface area contributed by atoms with Gasteiger partial charge in [0.1, 0.15) is 6.20 Å². The van der Waals surface area contributed by atoms with E-state index in [2.05, 4.69) is 23.7 Å². The third-order valence-corrected chi connectivity index (χ3v) is 2.85. The van der Waals surface area contributed by atoms with Crippen molar-refractivity contribution in [3.63, 3.8) is 0 Å². The minimum Gasteiger partial charge on any atom is -0.298 e. The molecule has 0 amide bonds. The minimum absolute atomic E-state index is 0.0859. The Morgan fingerprint density at radius 1 is 1.59 bits per heavy atom. The number of hydrogen-bond donors (Lipinski definition) is 0. The van der Waals surface area contributed by atoms with E-state index in [0.29, 0.717) is 0 Å². The summed E-state index contributed by atoms with van der Waals surface area (Å²) in [6.07, 6.45) is 2.23. The van der Waals surface area contributed by atoms with E-state index in [4.69, 9.17) is 0 Å². The maximum Gasteiger partial charge on any atom is 0.287 e. The van der Waals surface area contributed by atoms with Gasteiger partial charge in [0.05, 0.1) is 4.92 Å². The zero-order chi connectivity index (χ0) is 12.4. The first kappa shape index (κ1) is 12.0. The lowest BCUT2D eigenvalue weighted by Crippen LogP contribution is -2.33. The van der Waals surface area contributed by atoms with Crippen LogP contribution in [-0.4, -0.2) is 27.9 Å². The summed E-state index contributed by atoms with van der Waals surface area (Å²) < 4.78 is 0. The van der Waals surface area contributed by atoms with E-state index in [9.17, 15) is 10.1 Å². The molecule has 1 aliphatic rings. The Balaban J connectivity index is 2.17. The number of nitro groups is 1. The molecule has 2 heterocycles. The Hall–Kier alpha value is -1.49. The average molecular weight is 234 g/mol. The van der Waals surface area contributed by atoms with Crippen LogP contribution in [0.3, 0.4) is 0 Å². The van der Waals surface area contributed by atoms with Crippen molar-refractivity contribution in [1.82, 2.24) is 9.88 Å². The van der Waals surface area contributed by atoms with Crippen LogP contribution in [0.5, 0.6) is 0 Å². The number of hydrogen-bond acceptors (Lipinski definition) is 4. The number of nitrogens with zero attached hydrogens (tertiary/aromatic N) is 3. The van der Waals surface area contributed by atoms with E-state index in [1.807, 2.05) is 0 Å². The summed E-state index contributed by atoms with van der Waals surface area (Å²) in [4.78, 5) is 16.8. The number of fused-ring (bicyclic) bond motifs is 1. The predicted octanol–water partition coefficient (Wildman–Crippen LogP) is 1.96. The van der Waals surface area contributed by atoms with Crippen LogP contribution in [0.1, 0.15) is 25.1 Å². The highest BCUT2D eigenvalue weighted by atomic mass is 16.6. The Bertz CT molecular complexity index is 432. The minimum atomic E-state index is -0.385. The van der Waals surface area contributed by atoms with Crippen LogP contribution in [0.25, 0.3) is 0 Å². The molecule has 17 heavy (non-hydrogen) atoms. The van der Waals surface area contributed by atoms with E-state index in [1.54, 1.807) is 6.07 Å². The molecule has 0 unspecified atom stereocenters. The molecule has 0 fully saturated rings. The first-order valence-corrected chi connectivity index (χ1v) is 5.70. The molecule has 1 radical (unpaired) electrons. The highest BCUT2D eigenvalue weighted by Gasteiger charge is 2.20. The topological polar surface area (TPSA) is 59.3 Å². The van der Waals surface area contributed by atoms with Crippen molar-refractivity contribution in [3.8, 4) is 0 Å². The van der Waals surface area contributed by atoms with Crippen LogP contribution in [0.2, 0.25) is 0 Å². The van der Waals surface area contributed by atoms with Crippen molar-refractivity contribution in [2.75, 3.05) is 13.1 Å². The van der Waals surface area contributed by atoms with E-state index in [-0.39, 0.29) is 10.6 Å². The lowest BCUT2D eigenvalue weighted by atomic mass is 10.0. The first-order valence-electron chi connectivity index (χ1n) is 5.70. The summed E-state index contributed by atoms with van der Waals surface area (Å²) in [5.41, 5.74) is 2.08. The summed E-state index contributed by atoms with van der Waals surface area (Å²) >= 11 is 0. The van der Waals surface area contributed by atoms with Gasteiger partial charge in [0, 0.05) is 37.8 Å². The molecule has 0 N–H and O–H groups in total. The highest BCUT2D eigenvalue weighted by molar-refractivity contribution is 5.35. The van der Waals surface area contributed by atoms with Gasteiger partial charge in [-0.15, -0.1) is 0 Å². The van der Waals surface area contributed by atoms with Crippen LogP contribution in [0, 0.1) is 16.0 Å². The summed E-state index contributed by atoms with van der Waals surface area (Å²) in [5.74, 6) is 1.35. The molecular formula is C12H16N3O2. The molecule has 2 rings (SSSR count). The Labute approximate surface area is 101 Å². The van der Waals surface area contributed by atoms with Gasteiger partial charge in [0.25, 0.3) is 5.69 Å². The summed E-state index contributed by atoms with van der Waals surface area (Å²) in [6.45, 7) is 6.88. The van der Waals surface area contributed by atoms with Crippen molar-refractivity contribution in [1.29, 1.82) is 0 Å². The van der Waals surface area contributed by atoms with Crippen molar-refractivity contribution in [2.45, 2.75) is 26.8 Å². The van der Waals surface area contributed by atoms with Crippen LogP contribution in [0.15, 0.2) is 12.3 Å². The standard InChI is InChI=1S/C12H16N3O2/c1-9(2)7-14-4-3-12-10(8-14)5-11(6-13-12)15(16)17/h5-6H,3-4,7-8H2,1-2H3. The smallest absolute Gasteiger partial charge is 0.287 e. The molecule has 1 aliphatic heterocycles. The van der Waals surface area contributed by atoms with Crippen LogP contribution >= 0.6 is 0 Å². The molecule has 0 spiro atoms. The molecule has 1 aromatic heterocycles. The second-order valence-electron chi connectivity index (χ2n) is 4.72. The number of aromatic nitrogens is 1. The maximum atomic E-state index is 10.7. The van der Waals surface area contributed by atoms with E-state index < -0.39 is 0 Å². The highest BCUT2D eigenvalue weighted by Crippen LogP contribution is 2.22. The second kappa shape index (κ2) is 4.79. The molecule has 5 nitrogen and oxygen atoms in total. The summed E-state index contributed by atoms with van der Waals surface area (Å²) in [7, 11) is 0. The largest absolute Gasteiger partial charge is 0.298 e. The third kappa shape index (κ3) is 2.79. The van der Waals surface area contributed by atoms with Gasteiger partial charge < -0.3 is 0 Å². The van der Waals surface area contributed by atoms with E-state index in [1.165, 1.54) is 12.1 Å². The SMILES string of the molecule is C[C](C)CN1CCc2ncc([N+](=O)[O-])cc2C1. The predicted molar refractivity (Wildman–Crippen MR) is 64.5 cm³/mol. The van der Waals surface area contributed by atoms with Gasteiger partial charge in [-0.25, -0.2) is 0 Å². The fraction of sp³-hybridized carbons (Fsp3) is 0.500. The molecule has 0 saturated carbocycles. The van der Waals surface area contributed by atoms with Gasteiger partial charge in [-0.1, -0.05) is 13.8 Å². The van der Waals surface area contributed by atoms with Crippen molar-refractivity contribution in [2.24, 2.45) is 0 Å². The normalized spacial score (nSPS) is 15.9. The van der Waals surface area contributed by atoms with Gasteiger partial charge >= 0.3 is 0 Å². The van der Waals surface area contributed by atoms with Gasteiger partial charge in [-0.3, -0.25) is 20.0 Å². The van der Waals surface area contributed by atoms with Crippen molar-refractivity contribution >= 4 is 5.69 Å². The fourth-order valence-corrected chi connectivity index (χ4v) is 2.15. The first-order chi connectivity index (χ1) is 8.06. The molecule has 91 valence electrons. The summed E-state index contributed by atoms with van der Waals surface area (Å²) in [5, 5.41) is 10.7. The van der Waals surface area contributed by atoms with Crippen LogP contribution < -0.4 is 0 Å². The van der Waals surface area contributed by atoms with Crippen molar-refractivity contribution in [3.05, 3.63) is 39.6 Å². The lowest BCUT2D eigenvalue weighted by molar-refractivity contribution is -0.385. The zero-order valence-corrected chi connectivity index (χ0v) is 10.1. The number of pyridine rings is 1. The van der Waals surface area contributed by atoms with Crippen LogP contribution in [-0.2, 0) is 13.0 Å². The molecule has 5 heteroatoms. The maximum absolute atomic E-state index is 10.7. The van der Waals surface area contributed by atoms with Gasteiger partial charge in [-0.2, -0.15) is 0 Å². The fourth-order valence-electron chi connectivity index (χ4n) is 2.15. The van der Waals surface area contributed by atoms with Gasteiger partial charge in [-0.05, 0) is 11.5 Å². The molecular weight excluding hydrogens is 218 g/mol. The molecule has 0 atom stereocenters. The van der Waals surface area contributed by atoms with E-state index >= 15 is 0 Å². The Morgan fingerprint density at radius 2 is 2.35 bits per heavy atom. The molecule has 0 aromatic carbocycles.